The van der Waals surface area contributed by atoms with Crippen molar-refractivity contribution in [1.82, 2.24) is 9.03 Å². The van der Waals surface area contributed by atoms with Gasteiger partial charge in [0.1, 0.15) is 0 Å². The maximum absolute atomic E-state index is 11.6. The summed E-state index contributed by atoms with van der Waals surface area (Å²) in [5, 5.41) is 8.38. The van der Waals surface area contributed by atoms with E-state index in [4.69, 9.17) is 5.26 Å². The second-order valence-electron chi connectivity index (χ2n) is 3.30. The predicted octanol–water partition coefficient (Wildman–Crippen LogP) is 0.219. The Balaban J connectivity index is 2.52. The lowest BCUT2D eigenvalue weighted by Crippen LogP contribution is -2.42. The molecule has 0 saturated heterocycles. The first-order valence-electron chi connectivity index (χ1n) is 4.74. The average Bonchev–Trinajstić information content (AvgIpc) is 2.88. The van der Waals surface area contributed by atoms with Gasteiger partial charge >= 0.3 is 0 Å². The van der Waals surface area contributed by atoms with Crippen molar-refractivity contribution < 1.29 is 8.42 Å². The van der Waals surface area contributed by atoms with Gasteiger partial charge in [-0.2, -0.15) is 22.7 Å². The van der Waals surface area contributed by atoms with E-state index in [0.717, 1.165) is 12.8 Å². The zero-order valence-corrected chi connectivity index (χ0v) is 9.05. The van der Waals surface area contributed by atoms with E-state index in [1.54, 1.807) is 6.92 Å². The summed E-state index contributed by atoms with van der Waals surface area (Å²) in [4.78, 5) is 0. The van der Waals surface area contributed by atoms with Crippen LogP contribution in [0.4, 0.5) is 0 Å². The Hall–Kier alpha value is -0.640. The van der Waals surface area contributed by atoms with Gasteiger partial charge in [-0.3, -0.25) is 0 Å². The number of hydrogen-bond donors (Lipinski definition) is 1. The molecule has 1 aliphatic rings. The molecule has 0 unspecified atom stereocenters. The van der Waals surface area contributed by atoms with Gasteiger partial charge in [-0.1, -0.05) is 6.92 Å². The molecule has 0 radical (unpaired) electrons. The minimum atomic E-state index is -3.35. The Morgan fingerprint density at radius 2 is 2.21 bits per heavy atom. The summed E-state index contributed by atoms with van der Waals surface area (Å²) in [6.07, 6.45) is 2.09. The molecule has 0 bridgehead atoms. The van der Waals surface area contributed by atoms with Crippen LogP contribution in [0.5, 0.6) is 0 Å². The maximum atomic E-state index is 11.6. The van der Waals surface area contributed by atoms with E-state index in [-0.39, 0.29) is 19.0 Å². The molecule has 80 valence electrons. The zero-order valence-electron chi connectivity index (χ0n) is 8.23. The van der Waals surface area contributed by atoms with Crippen LogP contribution < -0.4 is 4.72 Å². The molecule has 0 heterocycles. The third kappa shape index (κ3) is 3.25. The van der Waals surface area contributed by atoms with Crippen LogP contribution in [0.1, 0.15) is 26.2 Å². The zero-order chi connectivity index (χ0) is 10.6. The summed E-state index contributed by atoms with van der Waals surface area (Å²) in [6.45, 7) is 2.45. The average molecular weight is 217 g/mol. The molecular weight excluding hydrogens is 202 g/mol. The van der Waals surface area contributed by atoms with Crippen molar-refractivity contribution in [2.45, 2.75) is 32.2 Å². The van der Waals surface area contributed by atoms with Gasteiger partial charge < -0.3 is 0 Å². The molecule has 1 N–H and O–H groups in total. The van der Waals surface area contributed by atoms with E-state index in [2.05, 4.69) is 4.72 Å². The second-order valence-corrected chi connectivity index (χ2v) is 5.00. The molecular formula is C8H15N3O2S. The van der Waals surface area contributed by atoms with Crippen molar-refractivity contribution in [2.75, 3.05) is 13.1 Å². The molecule has 0 aromatic rings. The number of nitrogens with zero attached hydrogens (tertiary/aromatic N) is 2. The van der Waals surface area contributed by atoms with Crippen LogP contribution in [0.25, 0.3) is 0 Å². The van der Waals surface area contributed by atoms with Crippen LogP contribution in [0.15, 0.2) is 0 Å². The highest BCUT2D eigenvalue weighted by Gasteiger charge is 2.29. The Labute approximate surface area is 84.9 Å². The maximum Gasteiger partial charge on any atom is 0.279 e. The van der Waals surface area contributed by atoms with Gasteiger partial charge in [-0.05, 0) is 12.8 Å². The standard InChI is InChI=1S/C8H15N3O2S/c1-2-11(7-3-6-9)14(12,13)10-8-4-5-8/h8,10H,2-5,7H2,1H3. The van der Waals surface area contributed by atoms with Gasteiger partial charge in [0.2, 0.25) is 0 Å². The molecule has 6 heteroatoms. The molecule has 5 nitrogen and oxygen atoms in total. The molecule has 0 aromatic heterocycles. The van der Waals surface area contributed by atoms with Crippen molar-refractivity contribution in [3.8, 4) is 6.07 Å². The van der Waals surface area contributed by atoms with E-state index in [1.165, 1.54) is 4.31 Å². The summed E-state index contributed by atoms with van der Waals surface area (Å²) in [5.41, 5.74) is 0. The van der Waals surface area contributed by atoms with Gasteiger partial charge in [-0.15, -0.1) is 0 Å². The van der Waals surface area contributed by atoms with Gasteiger partial charge in [0.25, 0.3) is 10.2 Å². The summed E-state index contributed by atoms with van der Waals surface area (Å²) >= 11 is 0. The molecule has 1 fully saturated rings. The van der Waals surface area contributed by atoms with E-state index < -0.39 is 10.2 Å². The van der Waals surface area contributed by atoms with E-state index in [1.807, 2.05) is 6.07 Å². The summed E-state index contributed by atoms with van der Waals surface area (Å²) in [6, 6.07) is 2.06. The minimum absolute atomic E-state index is 0.121. The molecule has 0 amide bonds. The third-order valence-electron chi connectivity index (χ3n) is 2.06. The Morgan fingerprint density at radius 3 is 2.64 bits per heavy atom. The first-order chi connectivity index (χ1) is 6.60. The molecule has 1 rings (SSSR count). The Morgan fingerprint density at radius 1 is 1.57 bits per heavy atom. The number of nitrogens with one attached hydrogen (secondary N) is 1. The lowest BCUT2D eigenvalue weighted by Gasteiger charge is -2.19. The first-order valence-corrected chi connectivity index (χ1v) is 6.18. The van der Waals surface area contributed by atoms with Gasteiger partial charge in [0.05, 0.1) is 6.07 Å². The molecule has 0 aromatic carbocycles. The molecule has 0 atom stereocenters. The fraction of sp³-hybridized carbons (Fsp3) is 0.875. The quantitative estimate of drug-likeness (QED) is 0.691. The molecule has 1 aliphatic carbocycles. The van der Waals surface area contributed by atoms with E-state index >= 15 is 0 Å². The van der Waals surface area contributed by atoms with Crippen LogP contribution in [0.2, 0.25) is 0 Å². The minimum Gasteiger partial charge on any atom is -0.199 e. The van der Waals surface area contributed by atoms with E-state index in [0.29, 0.717) is 6.54 Å². The summed E-state index contributed by atoms with van der Waals surface area (Å²) < 4.78 is 27.1. The molecule has 1 saturated carbocycles. The SMILES string of the molecule is CCN(CCC#N)S(=O)(=O)NC1CC1. The van der Waals surface area contributed by atoms with E-state index in [9.17, 15) is 8.42 Å². The second kappa shape index (κ2) is 4.73. The summed E-state index contributed by atoms with van der Waals surface area (Å²) in [7, 11) is -3.35. The lowest BCUT2D eigenvalue weighted by atomic mass is 10.5. The highest BCUT2D eigenvalue weighted by atomic mass is 32.2. The highest BCUT2D eigenvalue weighted by Crippen LogP contribution is 2.20. The van der Waals surface area contributed by atoms with Crippen LogP contribution >= 0.6 is 0 Å². The molecule has 0 spiro atoms. The molecule has 0 aliphatic heterocycles. The van der Waals surface area contributed by atoms with Crippen LogP contribution in [0, 0.1) is 11.3 Å². The van der Waals surface area contributed by atoms with Crippen LogP contribution in [-0.4, -0.2) is 31.9 Å². The fourth-order valence-electron chi connectivity index (χ4n) is 1.11. The highest BCUT2D eigenvalue weighted by molar-refractivity contribution is 7.87. The van der Waals surface area contributed by atoms with Gasteiger partial charge in [-0.25, -0.2) is 0 Å². The number of nitriles is 1. The predicted molar refractivity (Wildman–Crippen MR) is 52.6 cm³/mol. The topological polar surface area (TPSA) is 73.2 Å². The Bertz CT molecular complexity index is 316. The normalized spacial score (nSPS) is 16.9. The van der Waals surface area contributed by atoms with Crippen molar-refractivity contribution in [3.05, 3.63) is 0 Å². The molecule has 14 heavy (non-hydrogen) atoms. The monoisotopic (exact) mass is 217 g/mol. The summed E-state index contributed by atoms with van der Waals surface area (Å²) in [5.74, 6) is 0. The van der Waals surface area contributed by atoms with Gasteiger partial charge in [0.15, 0.2) is 0 Å². The van der Waals surface area contributed by atoms with Crippen molar-refractivity contribution in [1.29, 1.82) is 5.26 Å². The first kappa shape index (κ1) is 11.4. The van der Waals surface area contributed by atoms with Crippen molar-refractivity contribution in [2.24, 2.45) is 0 Å². The smallest absolute Gasteiger partial charge is 0.199 e. The number of hydrogen-bond acceptors (Lipinski definition) is 3. The Kier molecular flexibility index (Phi) is 3.86. The van der Waals surface area contributed by atoms with Crippen molar-refractivity contribution in [3.63, 3.8) is 0 Å². The fourth-order valence-corrected chi connectivity index (χ4v) is 2.59. The van der Waals surface area contributed by atoms with Crippen molar-refractivity contribution >= 4 is 10.2 Å². The third-order valence-corrected chi connectivity index (χ3v) is 3.81. The largest absolute Gasteiger partial charge is 0.279 e. The number of rotatable bonds is 6. The van der Waals surface area contributed by atoms with Gasteiger partial charge in [0, 0.05) is 25.6 Å². The van der Waals surface area contributed by atoms with Crippen LogP contribution in [-0.2, 0) is 10.2 Å². The lowest BCUT2D eigenvalue weighted by molar-refractivity contribution is 0.425. The van der Waals surface area contributed by atoms with Crippen LogP contribution in [0.3, 0.4) is 0 Å².